The summed E-state index contributed by atoms with van der Waals surface area (Å²) >= 11 is 6.00. The SMILES string of the molecule is CCOc1cc(/C=C(\C#N)C(=O)Nc2cc([N+](=O)[O-])ccc2Cl)ccc1OS(=O)(=O)c1ccccc1. The second kappa shape index (κ2) is 11.4. The number of halogens is 1. The number of nitro benzene ring substituents is 1. The van der Waals surface area contributed by atoms with Gasteiger partial charge < -0.3 is 14.2 Å². The lowest BCUT2D eigenvalue weighted by atomic mass is 10.1. The fourth-order valence-electron chi connectivity index (χ4n) is 2.93. The first-order chi connectivity index (χ1) is 17.1. The van der Waals surface area contributed by atoms with Gasteiger partial charge in [-0.1, -0.05) is 35.9 Å². The lowest BCUT2D eigenvalue weighted by Gasteiger charge is -2.13. The van der Waals surface area contributed by atoms with Gasteiger partial charge in [0.15, 0.2) is 11.5 Å². The van der Waals surface area contributed by atoms with Gasteiger partial charge >= 0.3 is 10.1 Å². The fraction of sp³-hybridized carbons (Fsp3) is 0.0833. The van der Waals surface area contributed by atoms with Gasteiger partial charge in [0.25, 0.3) is 11.6 Å². The fourth-order valence-corrected chi connectivity index (χ4v) is 4.06. The molecule has 0 aromatic heterocycles. The van der Waals surface area contributed by atoms with Crippen molar-refractivity contribution in [1.82, 2.24) is 0 Å². The normalized spacial score (nSPS) is 11.3. The molecule has 0 spiro atoms. The Morgan fingerprint density at radius 3 is 2.50 bits per heavy atom. The van der Waals surface area contributed by atoms with Crippen LogP contribution in [0.5, 0.6) is 11.5 Å². The van der Waals surface area contributed by atoms with Gasteiger partial charge in [-0.05, 0) is 48.9 Å². The Morgan fingerprint density at radius 1 is 1.14 bits per heavy atom. The van der Waals surface area contributed by atoms with Crippen LogP contribution in [0, 0.1) is 21.4 Å². The first-order valence-electron chi connectivity index (χ1n) is 10.3. The van der Waals surface area contributed by atoms with E-state index in [2.05, 4.69) is 5.32 Å². The van der Waals surface area contributed by atoms with E-state index in [1.165, 1.54) is 48.5 Å². The Balaban J connectivity index is 1.89. The minimum atomic E-state index is -4.13. The van der Waals surface area contributed by atoms with Crippen LogP contribution in [-0.2, 0) is 14.9 Å². The minimum Gasteiger partial charge on any atom is -0.490 e. The standard InChI is InChI=1S/C24H18ClN3O7S/c1-2-34-23-13-16(8-11-22(23)35-36(32,33)19-6-4-3-5-7-19)12-17(15-26)24(29)27-21-14-18(28(30)31)9-10-20(21)25/h3-14H,2H2,1H3,(H,27,29)/b17-12+. The molecule has 0 fully saturated rings. The average molecular weight is 528 g/mol. The van der Waals surface area contributed by atoms with Gasteiger partial charge in [0.2, 0.25) is 0 Å². The smallest absolute Gasteiger partial charge is 0.339 e. The molecule has 0 aliphatic heterocycles. The Morgan fingerprint density at radius 2 is 1.86 bits per heavy atom. The summed E-state index contributed by atoms with van der Waals surface area (Å²) in [6.07, 6.45) is 1.23. The van der Waals surface area contributed by atoms with E-state index in [1.807, 2.05) is 0 Å². The van der Waals surface area contributed by atoms with E-state index >= 15 is 0 Å². The summed E-state index contributed by atoms with van der Waals surface area (Å²) in [7, 11) is -4.13. The van der Waals surface area contributed by atoms with Crippen LogP contribution >= 0.6 is 11.6 Å². The molecule has 0 bridgehead atoms. The Kier molecular flexibility index (Phi) is 8.26. The van der Waals surface area contributed by atoms with Crippen LogP contribution in [0.1, 0.15) is 12.5 Å². The molecule has 0 atom stereocenters. The van der Waals surface area contributed by atoms with Crippen molar-refractivity contribution in [3.63, 3.8) is 0 Å². The third-order valence-electron chi connectivity index (χ3n) is 4.58. The predicted octanol–water partition coefficient (Wildman–Crippen LogP) is 4.96. The largest absolute Gasteiger partial charge is 0.490 e. The summed E-state index contributed by atoms with van der Waals surface area (Å²) in [6.45, 7) is 1.88. The van der Waals surface area contributed by atoms with Gasteiger partial charge in [0, 0.05) is 12.1 Å². The number of hydrogen-bond acceptors (Lipinski definition) is 8. The van der Waals surface area contributed by atoms with Crippen molar-refractivity contribution in [2.75, 3.05) is 11.9 Å². The second-order valence-electron chi connectivity index (χ2n) is 7.03. The van der Waals surface area contributed by atoms with Crippen LogP contribution in [0.2, 0.25) is 5.02 Å². The third-order valence-corrected chi connectivity index (χ3v) is 6.16. The number of nitriles is 1. The second-order valence-corrected chi connectivity index (χ2v) is 8.99. The van der Waals surface area contributed by atoms with E-state index in [9.17, 15) is 28.6 Å². The molecule has 1 N–H and O–H groups in total. The molecule has 1 amide bonds. The van der Waals surface area contributed by atoms with Gasteiger partial charge in [-0.15, -0.1) is 0 Å². The Hall–Kier alpha value is -4.40. The number of carbonyl (C=O) groups is 1. The van der Waals surface area contributed by atoms with E-state index in [4.69, 9.17) is 20.5 Å². The lowest BCUT2D eigenvalue weighted by Crippen LogP contribution is -2.14. The molecule has 3 aromatic carbocycles. The molecule has 3 rings (SSSR count). The van der Waals surface area contributed by atoms with Gasteiger partial charge in [0.1, 0.15) is 16.5 Å². The molecule has 0 aliphatic carbocycles. The van der Waals surface area contributed by atoms with Crippen molar-refractivity contribution in [2.24, 2.45) is 0 Å². The monoisotopic (exact) mass is 527 g/mol. The Labute approximate surface area is 211 Å². The van der Waals surface area contributed by atoms with Gasteiger partial charge in [-0.25, -0.2) is 0 Å². The highest BCUT2D eigenvalue weighted by molar-refractivity contribution is 7.87. The summed E-state index contributed by atoms with van der Waals surface area (Å²) in [4.78, 5) is 22.9. The van der Waals surface area contributed by atoms with E-state index in [0.29, 0.717) is 5.56 Å². The van der Waals surface area contributed by atoms with Crippen molar-refractivity contribution in [3.05, 3.63) is 93.0 Å². The highest BCUT2D eigenvalue weighted by Gasteiger charge is 2.20. The maximum Gasteiger partial charge on any atom is 0.339 e. The van der Waals surface area contributed by atoms with Gasteiger partial charge in [-0.3, -0.25) is 14.9 Å². The average Bonchev–Trinajstić information content (AvgIpc) is 2.85. The number of nitrogens with one attached hydrogen (secondary N) is 1. The van der Waals surface area contributed by atoms with Crippen molar-refractivity contribution in [2.45, 2.75) is 11.8 Å². The quantitative estimate of drug-likeness (QED) is 0.135. The number of hydrogen-bond donors (Lipinski definition) is 1. The molecular formula is C24H18ClN3O7S. The summed E-state index contributed by atoms with van der Waals surface area (Å²) < 4.78 is 35.9. The Bertz CT molecular complexity index is 1480. The topological polar surface area (TPSA) is 149 Å². The number of ether oxygens (including phenoxy) is 1. The first kappa shape index (κ1) is 26.2. The summed E-state index contributed by atoms with van der Waals surface area (Å²) in [5, 5.41) is 22.9. The molecule has 10 nitrogen and oxygen atoms in total. The minimum absolute atomic E-state index is 0.0399. The molecule has 0 aliphatic rings. The van der Waals surface area contributed by atoms with E-state index in [1.54, 1.807) is 31.2 Å². The van der Waals surface area contributed by atoms with Crippen LogP contribution in [0.3, 0.4) is 0 Å². The number of nitrogens with zero attached hydrogens (tertiary/aromatic N) is 2. The van der Waals surface area contributed by atoms with Crippen LogP contribution in [-0.4, -0.2) is 25.9 Å². The first-order valence-corrected chi connectivity index (χ1v) is 12.1. The lowest BCUT2D eigenvalue weighted by molar-refractivity contribution is -0.384. The number of carbonyl (C=O) groups excluding carboxylic acids is 1. The zero-order chi connectivity index (χ0) is 26.3. The van der Waals surface area contributed by atoms with Crippen LogP contribution in [0.15, 0.2) is 77.2 Å². The number of nitro groups is 1. The maximum absolute atomic E-state index is 12.6. The van der Waals surface area contributed by atoms with Crippen molar-refractivity contribution in [1.29, 1.82) is 5.26 Å². The highest BCUT2D eigenvalue weighted by atomic mass is 35.5. The molecule has 0 unspecified atom stereocenters. The maximum atomic E-state index is 12.6. The molecule has 12 heteroatoms. The molecule has 36 heavy (non-hydrogen) atoms. The summed E-state index contributed by atoms with van der Waals surface area (Å²) in [5.41, 5.74) is -0.341. The zero-order valence-corrected chi connectivity index (χ0v) is 20.2. The van der Waals surface area contributed by atoms with E-state index in [0.717, 1.165) is 6.07 Å². The highest BCUT2D eigenvalue weighted by Crippen LogP contribution is 2.32. The number of non-ortho nitro benzene ring substituents is 1. The van der Waals surface area contributed by atoms with Crippen LogP contribution < -0.4 is 14.2 Å². The molecule has 3 aromatic rings. The summed E-state index contributed by atoms with van der Waals surface area (Å²) in [6, 6.07) is 17.0. The molecule has 0 saturated carbocycles. The van der Waals surface area contributed by atoms with Crippen LogP contribution in [0.4, 0.5) is 11.4 Å². The van der Waals surface area contributed by atoms with Gasteiger partial charge in [0.05, 0.1) is 22.2 Å². The van der Waals surface area contributed by atoms with E-state index in [-0.39, 0.29) is 45.0 Å². The zero-order valence-electron chi connectivity index (χ0n) is 18.7. The number of anilines is 1. The van der Waals surface area contributed by atoms with Crippen molar-refractivity contribution < 1.29 is 27.1 Å². The molecule has 0 saturated heterocycles. The molecular weight excluding hydrogens is 510 g/mol. The van der Waals surface area contributed by atoms with Gasteiger partial charge in [-0.2, -0.15) is 13.7 Å². The summed E-state index contributed by atoms with van der Waals surface area (Å²) in [5.74, 6) is -0.862. The number of rotatable bonds is 9. The predicted molar refractivity (Wildman–Crippen MR) is 132 cm³/mol. The molecule has 0 heterocycles. The van der Waals surface area contributed by atoms with Crippen molar-refractivity contribution >= 4 is 45.1 Å². The number of amides is 1. The molecule has 0 radical (unpaired) electrons. The molecule has 184 valence electrons. The van der Waals surface area contributed by atoms with Crippen LogP contribution in [0.25, 0.3) is 6.08 Å². The van der Waals surface area contributed by atoms with E-state index < -0.39 is 20.9 Å². The number of benzene rings is 3. The van der Waals surface area contributed by atoms with Crippen molar-refractivity contribution in [3.8, 4) is 17.6 Å². The third kappa shape index (κ3) is 6.38.